The normalized spacial score (nSPS) is 17.2. The molecule has 1 N–H and O–H groups in total. The van der Waals surface area contributed by atoms with Crippen molar-refractivity contribution in [2.24, 2.45) is 0 Å². The smallest absolute Gasteiger partial charge is 0.220 e. The van der Waals surface area contributed by atoms with Gasteiger partial charge in [-0.2, -0.15) is 5.10 Å². The van der Waals surface area contributed by atoms with Crippen LogP contribution >= 0.6 is 0 Å². The minimum atomic E-state index is 0.0349. The van der Waals surface area contributed by atoms with E-state index in [4.69, 9.17) is 4.74 Å². The van der Waals surface area contributed by atoms with Gasteiger partial charge in [-0.3, -0.25) is 9.48 Å². The number of hydrogen-bond acceptors (Lipinski definition) is 5. The van der Waals surface area contributed by atoms with E-state index in [1.807, 2.05) is 30.7 Å². The van der Waals surface area contributed by atoms with Gasteiger partial charge in [0.15, 0.2) is 0 Å². The van der Waals surface area contributed by atoms with E-state index >= 15 is 0 Å². The van der Waals surface area contributed by atoms with Crippen LogP contribution in [0.1, 0.15) is 54.5 Å². The number of hydrogen-bond donors (Lipinski definition) is 1. The Morgan fingerprint density at radius 1 is 1.42 bits per heavy atom. The Bertz CT molecular complexity index is 737. The summed E-state index contributed by atoms with van der Waals surface area (Å²) in [5.74, 6) is 1.12. The lowest BCUT2D eigenvalue weighted by Gasteiger charge is -2.20. The summed E-state index contributed by atoms with van der Waals surface area (Å²) >= 11 is 0. The number of carbonyl (C=O) groups is 1. The molecule has 26 heavy (non-hydrogen) atoms. The fourth-order valence-electron chi connectivity index (χ4n) is 3.22. The standard InChI is InChI=1S/C19H27N5O2/c1-14-11-15(2)24(23-14)9-3-6-18(25)21-12-17-7-8-20-19(22-17)16-5-4-10-26-13-16/h7-8,11,16H,3-6,9-10,12-13H2,1-2H3,(H,21,25). The van der Waals surface area contributed by atoms with Crippen LogP contribution < -0.4 is 5.32 Å². The topological polar surface area (TPSA) is 81.9 Å². The summed E-state index contributed by atoms with van der Waals surface area (Å²) in [6.07, 6.45) is 5.11. The second kappa shape index (κ2) is 8.89. The molecule has 0 radical (unpaired) electrons. The largest absolute Gasteiger partial charge is 0.381 e. The fourth-order valence-corrected chi connectivity index (χ4v) is 3.22. The highest BCUT2D eigenvalue weighted by molar-refractivity contribution is 5.75. The molecule has 3 rings (SSSR count). The zero-order valence-electron chi connectivity index (χ0n) is 15.6. The van der Waals surface area contributed by atoms with Crippen LogP contribution in [-0.4, -0.2) is 38.9 Å². The third-order valence-electron chi connectivity index (χ3n) is 4.60. The van der Waals surface area contributed by atoms with Crippen LogP contribution in [0.25, 0.3) is 0 Å². The van der Waals surface area contributed by atoms with Crippen LogP contribution in [-0.2, 0) is 22.6 Å². The Kier molecular flexibility index (Phi) is 6.33. The number of nitrogens with zero attached hydrogens (tertiary/aromatic N) is 4. The van der Waals surface area contributed by atoms with Crippen molar-refractivity contribution in [3.8, 4) is 0 Å². The summed E-state index contributed by atoms with van der Waals surface area (Å²) in [4.78, 5) is 21.0. The SMILES string of the molecule is Cc1cc(C)n(CCCC(=O)NCc2ccnc(C3CCCOC3)n2)n1. The van der Waals surface area contributed by atoms with Crippen molar-refractivity contribution in [2.75, 3.05) is 13.2 Å². The van der Waals surface area contributed by atoms with Gasteiger partial charge in [-0.1, -0.05) is 0 Å². The average molecular weight is 357 g/mol. The molecule has 0 spiro atoms. The summed E-state index contributed by atoms with van der Waals surface area (Å²) in [5.41, 5.74) is 2.98. The summed E-state index contributed by atoms with van der Waals surface area (Å²) in [6, 6.07) is 3.90. The van der Waals surface area contributed by atoms with Crippen molar-refractivity contribution in [1.82, 2.24) is 25.1 Å². The molecule has 1 aliphatic heterocycles. The molecule has 2 aromatic rings. The van der Waals surface area contributed by atoms with Crippen molar-refractivity contribution in [3.63, 3.8) is 0 Å². The lowest BCUT2D eigenvalue weighted by molar-refractivity contribution is -0.121. The molecule has 0 bridgehead atoms. The molecule has 2 aromatic heterocycles. The van der Waals surface area contributed by atoms with Gasteiger partial charge in [-0.05, 0) is 45.2 Å². The van der Waals surface area contributed by atoms with Gasteiger partial charge in [0.05, 0.1) is 24.5 Å². The summed E-state index contributed by atoms with van der Waals surface area (Å²) in [7, 11) is 0. The highest BCUT2D eigenvalue weighted by Crippen LogP contribution is 2.22. The second-order valence-electron chi connectivity index (χ2n) is 6.85. The first-order valence-corrected chi connectivity index (χ1v) is 9.29. The van der Waals surface area contributed by atoms with Gasteiger partial charge >= 0.3 is 0 Å². The second-order valence-corrected chi connectivity index (χ2v) is 6.85. The van der Waals surface area contributed by atoms with E-state index in [1.165, 1.54) is 0 Å². The number of ether oxygens (including phenoxy) is 1. The molecule has 0 aromatic carbocycles. The molecular weight excluding hydrogens is 330 g/mol. The fraction of sp³-hybridized carbons (Fsp3) is 0.579. The van der Waals surface area contributed by atoms with Crippen molar-refractivity contribution in [1.29, 1.82) is 0 Å². The quantitative estimate of drug-likeness (QED) is 0.822. The lowest BCUT2D eigenvalue weighted by atomic mass is 10.0. The molecule has 1 saturated heterocycles. The van der Waals surface area contributed by atoms with Crippen molar-refractivity contribution < 1.29 is 9.53 Å². The van der Waals surface area contributed by atoms with Crippen LogP contribution in [0.2, 0.25) is 0 Å². The van der Waals surface area contributed by atoms with E-state index in [-0.39, 0.29) is 11.8 Å². The number of rotatable bonds is 7. The van der Waals surface area contributed by atoms with Gasteiger partial charge in [-0.25, -0.2) is 9.97 Å². The third kappa shape index (κ3) is 5.11. The predicted molar refractivity (Wildman–Crippen MR) is 97.6 cm³/mol. The van der Waals surface area contributed by atoms with Crippen molar-refractivity contribution in [2.45, 2.75) is 58.5 Å². The minimum Gasteiger partial charge on any atom is -0.381 e. The Labute approximate surface area is 154 Å². The van der Waals surface area contributed by atoms with Gasteiger partial charge in [0, 0.05) is 37.4 Å². The number of amides is 1. The lowest BCUT2D eigenvalue weighted by Crippen LogP contribution is -2.24. The van der Waals surface area contributed by atoms with E-state index in [9.17, 15) is 4.79 Å². The van der Waals surface area contributed by atoms with Crippen LogP contribution in [0.5, 0.6) is 0 Å². The zero-order valence-corrected chi connectivity index (χ0v) is 15.6. The van der Waals surface area contributed by atoms with Gasteiger partial charge < -0.3 is 10.1 Å². The van der Waals surface area contributed by atoms with Gasteiger partial charge in [-0.15, -0.1) is 0 Å². The van der Waals surface area contributed by atoms with Gasteiger partial charge in [0.2, 0.25) is 5.91 Å². The van der Waals surface area contributed by atoms with E-state index in [0.717, 1.165) is 55.3 Å². The number of nitrogens with one attached hydrogen (secondary N) is 1. The summed E-state index contributed by atoms with van der Waals surface area (Å²) in [5, 5.41) is 7.36. The van der Waals surface area contributed by atoms with Gasteiger partial charge in [0.25, 0.3) is 0 Å². The molecular formula is C19H27N5O2. The molecule has 1 aliphatic rings. The number of carbonyl (C=O) groups excluding carboxylic acids is 1. The number of aryl methyl sites for hydroxylation is 3. The maximum atomic E-state index is 12.1. The van der Waals surface area contributed by atoms with E-state index in [2.05, 4.69) is 20.4 Å². The van der Waals surface area contributed by atoms with E-state index in [0.29, 0.717) is 19.6 Å². The Morgan fingerprint density at radius 2 is 2.31 bits per heavy atom. The molecule has 1 atom stereocenters. The Balaban J connectivity index is 1.43. The zero-order chi connectivity index (χ0) is 18.4. The van der Waals surface area contributed by atoms with Crippen LogP contribution in [0, 0.1) is 13.8 Å². The molecule has 1 fully saturated rings. The monoisotopic (exact) mass is 357 g/mol. The highest BCUT2D eigenvalue weighted by atomic mass is 16.5. The van der Waals surface area contributed by atoms with Gasteiger partial charge in [0.1, 0.15) is 5.82 Å². The molecule has 140 valence electrons. The molecule has 1 amide bonds. The van der Waals surface area contributed by atoms with Crippen LogP contribution in [0.4, 0.5) is 0 Å². The molecule has 3 heterocycles. The van der Waals surface area contributed by atoms with E-state index in [1.54, 1.807) is 6.20 Å². The van der Waals surface area contributed by atoms with Crippen LogP contribution in [0.3, 0.4) is 0 Å². The maximum absolute atomic E-state index is 12.1. The number of aromatic nitrogens is 4. The molecule has 1 unspecified atom stereocenters. The van der Waals surface area contributed by atoms with Crippen molar-refractivity contribution >= 4 is 5.91 Å². The first-order valence-electron chi connectivity index (χ1n) is 9.29. The average Bonchev–Trinajstić information content (AvgIpc) is 2.98. The predicted octanol–water partition coefficient (Wildman–Crippen LogP) is 2.28. The van der Waals surface area contributed by atoms with E-state index < -0.39 is 0 Å². The highest BCUT2D eigenvalue weighted by Gasteiger charge is 2.18. The van der Waals surface area contributed by atoms with Crippen molar-refractivity contribution in [3.05, 3.63) is 41.2 Å². The molecule has 0 aliphatic carbocycles. The van der Waals surface area contributed by atoms with Crippen LogP contribution in [0.15, 0.2) is 18.3 Å². The summed E-state index contributed by atoms with van der Waals surface area (Å²) < 4.78 is 7.46. The molecule has 0 saturated carbocycles. The Morgan fingerprint density at radius 3 is 3.04 bits per heavy atom. The molecule has 7 heteroatoms. The summed E-state index contributed by atoms with van der Waals surface area (Å²) in [6.45, 7) is 6.70. The first-order chi connectivity index (χ1) is 12.6. The third-order valence-corrected chi connectivity index (χ3v) is 4.60. The Hall–Kier alpha value is -2.28. The first kappa shape index (κ1) is 18.5. The minimum absolute atomic E-state index is 0.0349. The molecule has 7 nitrogen and oxygen atoms in total. The maximum Gasteiger partial charge on any atom is 0.220 e.